The maximum absolute atomic E-state index is 12.4. The summed E-state index contributed by atoms with van der Waals surface area (Å²) in [6, 6.07) is 17.6. The first kappa shape index (κ1) is 18.7. The van der Waals surface area contributed by atoms with Crippen LogP contribution in [0, 0.1) is 0 Å². The first-order valence-corrected chi connectivity index (χ1v) is 8.97. The van der Waals surface area contributed by atoms with E-state index in [9.17, 15) is 4.79 Å². The van der Waals surface area contributed by atoms with E-state index in [0.29, 0.717) is 5.57 Å². The molecule has 2 N–H and O–H groups in total. The molecule has 0 aliphatic carbocycles. The van der Waals surface area contributed by atoms with Crippen LogP contribution in [0.3, 0.4) is 0 Å². The largest absolute Gasteiger partial charge is 0.321 e. The summed E-state index contributed by atoms with van der Waals surface area (Å²) in [7, 11) is 0. The number of H-pyrrole nitrogens is 1. The second-order valence-electron chi connectivity index (χ2n) is 6.59. The van der Waals surface area contributed by atoms with Crippen molar-refractivity contribution in [3.05, 3.63) is 89.4 Å². The summed E-state index contributed by atoms with van der Waals surface area (Å²) < 4.78 is 0. The van der Waals surface area contributed by atoms with E-state index in [1.807, 2.05) is 72.8 Å². The van der Waals surface area contributed by atoms with Crippen molar-refractivity contribution in [2.75, 3.05) is 5.32 Å². The Bertz CT molecular complexity index is 1260. The molecule has 0 spiro atoms. The minimum Gasteiger partial charge on any atom is -0.321 e. The summed E-state index contributed by atoms with van der Waals surface area (Å²) in [6.07, 6.45) is 9.42. The number of aromatic amines is 1. The number of amides is 1. The second-order valence-corrected chi connectivity index (χ2v) is 6.59. The molecule has 2 aromatic carbocycles. The predicted molar refractivity (Wildman–Crippen MR) is 119 cm³/mol. The van der Waals surface area contributed by atoms with Crippen LogP contribution in [-0.2, 0) is 4.79 Å². The molecular formula is C23H17ClN4O. The number of carbonyl (C=O) groups is 1. The topological polar surface area (TPSA) is 70.7 Å². The fraction of sp³-hybridized carbons (Fsp3) is 0. The predicted octanol–water partition coefficient (Wildman–Crippen LogP) is 5.04. The third-order valence-corrected chi connectivity index (χ3v) is 4.78. The Hall–Kier alpha value is -3.70. The van der Waals surface area contributed by atoms with E-state index in [2.05, 4.69) is 20.5 Å². The first-order valence-electron chi connectivity index (χ1n) is 8.97. The van der Waals surface area contributed by atoms with Crippen LogP contribution < -0.4 is 5.32 Å². The third-order valence-electron chi connectivity index (χ3n) is 4.78. The lowest BCUT2D eigenvalue weighted by Crippen LogP contribution is -2.03. The number of nitrogens with one attached hydrogen (secondary N) is 2. The fourth-order valence-corrected chi connectivity index (χ4v) is 3.37. The third kappa shape index (κ3) is 3.56. The van der Waals surface area contributed by atoms with Crippen molar-refractivity contribution in [3.63, 3.8) is 0 Å². The molecule has 5 nitrogen and oxygen atoms in total. The van der Waals surface area contributed by atoms with E-state index in [1.54, 1.807) is 12.4 Å². The zero-order valence-corrected chi connectivity index (χ0v) is 16.1. The summed E-state index contributed by atoms with van der Waals surface area (Å²) in [5.41, 5.74) is 6.27. The molecule has 5 rings (SSSR count). The van der Waals surface area contributed by atoms with Crippen molar-refractivity contribution < 1.29 is 4.79 Å². The van der Waals surface area contributed by atoms with Crippen LogP contribution in [0.1, 0.15) is 22.4 Å². The second kappa shape index (κ2) is 7.73. The molecule has 29 heavy (non-hydrogen) atoms. The van der Waals surface area contributed by atoms with Gasteiger partial charge in [-0.15, -0.1) is 12.4 Å². The number of hydrogen-bond donors (Lipinski definition) is 2. The first-order chi connectivity index (χ1) is 13.8. The number of carbonyl (C=O) groups excluding carboxylic acids is 1. The van der Waals surface area contributed by atoms with Gasteiger partial charge in [0, 0.05) is 34.6 Å². The van der Waals surface area contributed by atoms with E-state index in [0.717, 1.165) is 39.0 Å². The van der Waals surface area contributed by atoms with Crippen molar-refractivity contribution >= 4 is 58.7 Å². The number of halogens is 1. The Morgan fingerprint density at radius 2 is 1.72 bits per heavy atom. The highest BCUT2D eigenvalue weighted by Crippen LogP contribution is 2.33. The van der Waals surface area contributed by atoms with Crippen LogP contribution in [0.25, 0.3) is 34.7 Å². The number of para-hydroxylation sites is 1. The number of rotatable bonds is 3. The van der Waals surface area contributed by atoms with Gasteiger partial charge >= 0.3 is 0 Å². The van der Waals surface area contributed by atoms with Crippen LogP contribution in [0.2, 0.25) is 0 Å². The smallest absolute Gasteiger partial charge is 0.256 e. The molecule has 1 aliphatic heterocycles. The van der Waals surface area contributed by atoms with Crippen LogP contribution >= 0.6 is 12.4 Å². The Balaban J connectivity index is 0.00000205. The Kier molecular flexibility index (Phi) is 4.97. The number of aromatic nitrogens is 3. The maximum Gasteiger partial charge on any atom is 0.256 e. The molecule has 1 aliphatic rings. The summed E-state index contributed by atoms with van der Waals surface area (Å²) >= 11 is 0. The van der Waals surface area contributed by atoms with Gasteiger partial charge in [0.1, 0.15) is 0 Å². The number of nitrogens with zero attached hydrogens (tertiary/aromatic N) is 2. The summed E-state index contributed by atoms with van der Waals surface area (Å²) in [6.45, 7) is 0. The molecule has 0 fully saturated rings. The zero-order chi connectivity index (χ0) is 18.9. The minimum absolute atomic E-state index is 0. The molecule has 0 bridgehead atoms. The van der Waals surface area contributed by atoms with Crippen molar-refractivity contribution in [2.24, 2.45) is 0 Å². The van der Waals surface area contributed by atoms with Gasteiger partial charge < -0.3 is 5.32 Å². The molecule has 1 amide bonds. The average molecular weight is 401 g/mol. The fourth-order valence-electron chi connectivity index (χ4n) is 3.37. The van der Waals surface area contributed by atoms with Gasteiger partial charge in [0.15, 0.2) is 0 Å². The van der Waals surface area contributed by atoms with Crippen LogP contribution in [0.15, 0.2) is 67.0 Å². The number of pyridine rings is 1. The summed E-state index contributed by atoms with van der Waals surface area (Å²) in [5.74, 6) is -0.0775. The monoisotopic (exact) mass is 400 g/mol. The molecule has 6 heteroatoms. The van der Waals surface area contributed by atoms with Gasteiger partial charge in [-0.25, -0.2) is 0 Å². The molecule has 2 aromatic heterocycles. The standard InChI is InChI=1S/C23H16N4O.ClH/c28-23-18(17-3-1-2-4-20(17)25-23)13-16-6-8-22-19(14-16)21(26-27-22)7-5-15-9-11-24-12-10-15;/h1-14H,(H,25,28)(H,26,27);1H. The van der Waals surface area contributed by atoms with E-state index < -0.39 is 0 Å². The number of benzene rings is 2. The van der Waals surface area contributed by atoms with Gasteiger partial charge in [-0.3, -0.25) is 14.9 Å². The normalized spacial score (nSPS) is 14.2. The van der Waals surface area contributed by atoms with Crippen LogP contribution in [-0.4, -0.2) is 21.1 Å². The van der Waals surface area contributed by atoms with Crippen molar-refractivity contribution in [2.45, 2.75) is 0 Å². The molecule has 0 unspecified atom stereocenters. The molecule has 0 atom stereocenters. The van der Waals surface area contributed by atoms with Gasteiger partial charge in [0.2, 0.25) is 0 Å². The number of anilines is 1. The van der Waals surface area contributed by atoms with E-state index >= 15 is 0 Å². The van der Waals surface area contributed by atoms with Gasteiger partial charge in [-0.05, 0) is 53.6 Å². The van der Waals surface area contributed by atoms with Gasteiger partial charge in [0.25, 0.3) is 5.91 Å². The highest BCUT2D eigenvalue weighted by molar-refractivity contribution is 6.34. The van der Waals surface area contributed by atoms with Crippen LogP contribution in [0.4, 0.5) is 5.69 Å². The Morgan fingerprint density at radius 1 is 0.897 bits per heavy atom. The quantitative estimate of drug-likeness (QED) is 0.473. The number of hydrogen-bond acceptors (Lipinski definition) is 3. The lowest BCUT2D eigenvalue weighted by Gasteiger charge is -1.99. The van der Waals surface area contributed by atoms with Crippen LogP contribution in [0.5, 0.6) is 0 Å². The average Bonchev–Trinajstić information content (AvgIpc) is 3.28. The number of fused-ring (bicyclic) bond motifs is 2. The highest BCUT2D eigenvalue weighted by Gasteiger charge is 2.23. The van der Waals surface area contributed by atoms with Gasteiger partial charge in [0.05, 0.1) is 11.2 Å². The Labute approximate surface area is 173 Å². The van der Waals surface area contributed by atoms with E-state index in [-0.39, 0.29) is 18.3 Å². The summed E-state index contributed by atoms with van der Waals surface area (Å²) in [5, 5.41) is 11.4. The maximum atomic E-state index is 12.4. The molecular weight excluding hydrogens is 384 g/mol. The SMILES string of the molecule is Cl.O=C1Nc2ccccc2C1=Cc1ccc2[nH]nc(C=Cc3ccncc3)c2c1. The van der Waals surface area contributed by atoms with E-state index in [1.165, 1.54) is 0 Å². The highest BCUT2D eigenvalue weighted by atomic mass is 35.5. The molecule has 142 valence electrons. The van der Waals surface area contributed by atoms with Crippen molar-refractivity contribution in [1.29, 1.82) is 0 Å². The molecule has 4 aromatic rings. The molecule has 0 saturated carbocycles. The minimum atomic E-state index is -0.0775. The van der Waals surface area contributed by atoms with Gasteiger partial charge in [-0.1, -0.05) is 30.3 Å². The van der Waals surface area contributed by atoms with Crippen molar-refractivity contribution in [3.8, 4) is 0 Å². The molecule has 0 radical (unpaired) electrons. The van der Waals surface area contributed by atoms with E-state index in [4.69, 9.17) is 0 Å². The Morgan fingerprint density at radius 3 is 2.59 bits per heavy atom. The lowest BCUT2D eigenvalue weighted by atomic mass is 10.0. The van der Waals surface area contributed by atoms with Gasteiger partial charge in [-0.2, -0.15) is 5.10 Å². The molecule has 0 saturated heterocycles. The zero-order valence-electron chi connectivity index (χ0n) is 15.3. The van der Waals surface area contributed by atoms with Crippen molar-refractivity contribution in [1.82, 2.24) is 15.2 Å². The molecule has 3 heterocycles. The summed E-state index contributed by atoms with van der Waals surface area (Å²) in [4.78, 5) is 16.4. The lowest BCUT2D eigenvalue weighted by molar-refractivity contribution is -0.110.